The number of nitrogens with one attached hydrogen (secondary N) is 1. The predicted molar refractivity (Wildman–Crippen MR) is 151 cm³/mol. The smallest absolute Gasteiger partial charge is 0.265 e. The van der Waals surface area contributed by atoms with E-state index < -0.39 is 10.0 Å². The first-order valence-electron chi connectivity index (χ1n) is 13.2. The average molecular weight is 551 g/mol. The van der Waals surface area contributed by atoms with E-state index in [9.17, 15) is 13.2 Å². The summed E-state index contributed by atoms with van der Waals surface area (Å²) in [7, 11) is -0.833. The third kappa shape index (κ3) is 5.83. The molecule has 2 aliphatic rings. The summed E-state index contributed by atoms with van der Waals surface area (Å²) in [5.74, 6) is 1.64. The molecule has 1 heterocycles. The van der Waals surface area contributed by atoms with Crippen molar-refractivity contribution in [1.82, 2.24) is 0 Å². The van der Waals surface area contributed by atoms with E-state index in [1.54, 1.807) is 42.3 Å². The van der Waals surface area contributed by atoms with E-state index in [-0.39, 0.29) is 28.6 Å². The fourth-order valence-electron chi connectivity index (χ4n) is 5.35. The van der Waals surface area contributed by atoms with Gasteiger partial charge in [-0.25, -0.2) is 8.42 Å². The highest BCUT2D eigenvalue weighted by Gasteiger charge is 2.33. The molecule has 1 amide bonds. The van der Waals surface area contributed by atoms with Gasteiger partial charge in [0, 0.05) is 24.6 Å². The zero-order chi connectivity index (χ0) is 27.6. The zero-order valence-corrected chi connectivity index (χ0v) is 23.3. The maximum atomic E-state index is 13.1. The minimum absolute atomic E-state index is 0.0192. The number of methoxy groups -OCH3 is 2. The molecular formula is C30H34N2O6S. The molecule has 206 valence electrons. The van der Waals surface area contributed by atoms with E-state index in [1.807, 2.05) is 31.2 Å². The van der Waals surface area contributed by atoms with Gasteiger partial charge in [-0.1, -0.05) is 18.2 Å². The largest absolute Gasteiger partial charge is 0.495 e. The molecule has 0 spiro atoms. The average Bonchev–Trinajstić information content (AvgIpc) is 3.58. The van der Waals surface area contributed by atoms with Gasteiger partial charge in [-0.3, -0.25) is 9.52 Å². The Labute approximate surface area is 229 Å². The van der Waals surface area contributed by atoms with Gasteiger partial charge in [-0.05, 0) is 86.2 Å². The number of benzene rings is 3. The summed E-state index contributed by atoms with van der Waals surface area (Å²) >= 11 is 0. The van der Waals surface area contributed by atoms with Crippen LogP contribution in [0.3, 0.4) is 0 Å². The molecular weight excluding hydrogens is 516 g/mol. The second-order valence-electron chi connectivity index (χ2n) is 10.2. The number of carbonyl (C=O) groups is 1. The van der Waals surface area contributed by atoms with Crippen LogP contribution in [0.4, 0.5) is 11.4 Å². The molecule has 1 aliphatic heterocycles. The highest BCUT2D eigenvalue weighted by atomic mass is 32.2. The van der Waals surface area contributed by atoms with Crippen molar-refractivity contribution in [2.45, 2.75) is 55.9 Å². The van der Waals surface area contributed by atoms with Gasteiger partial charge in [0.05, 0.1) is 26.0 Å². The molecule has 8 nitrogen and oxygen atoms in total. The lowest BCUT2D eigenvalue weighted by atomic mass is 9.98. The topological polar surface area (TPSA) is 94.2 Å². The Kier molecular flexibility index (Phi) is 7.70. The van der Waals surface area contributed by atoms with Crippen molar-refractivity contribution < 1.29 is 27.4 Å². The number of anilines is 2. The molecule has 9 heteroatoms. The first kappa shape index (κ1) is 26.9. The number of rotatable bonds is 9. The molecule has 1 atom stereocenters. The molecule has 39 heavy (non-hydrogen) atoms. The summed E-state index contributed by atoms with van der Waals surface area (Å²) in [4.78, 5) is 14.8. The van der Waals surface area contributed by atoms with Crippen molar-refractivity contribution in [2.75, 3.05) is 30.4 Å². The molecule has 1 unspecified atom stereocenters. The van der Waals surface area contributed by atoms with Gasteiger partial charge < -0.3 is 19.1 Å². The van der Waals surface area contributed by atoms with Crippen LogP contribution in [0.2, 0.25) is 0 Å². The molecule has 1 saturated heterocycles. The zero-order valence-electron chi connectivity index (χ0n) is 22.5. The number of amides is 1. The molecule has 0 aromatic heterocycles. The van der Waals surface area contributed by atoms with Gasteiger partial charge in [0.15, 0.2) is 11.5 Å². The first-order chi connectivity index (χ1) is 18.8. The third-order valence-corrected chi connectivity index (χ3v) is 8.82. The molecule has 2 fully saturated rings. The summed E-state index contributed by atoms with van der Waals surface area (Å²) in [6, 6.07) is 17.7. The number of carbonyl (C=O) groups excluding carboxylic acids is 1. The normalized spacial score (nSPS) is 17.9. The second kappa shape index (κ2) is 11.2. The lowest BCUT2D eigenvalue weighted by molar-refractivity contribution is -0.117. The molecule has 1 aliphatic carbocycles. The lowest BCUT2D eigenvalue weighted by Gasteiger charge is -2.20. The third-order valence-electron chi connectivity index (χ3n) is 7.40. The molecule has 1 N–H and O–H groups in total. The number of hydrogen-bond donors (Lipinski definition) is 1. The number of aryl methyl sites for hydroxylation is 1. The van der Waals surface area contributed by atoms with E-state index in [1.165, 1.54) is 26.0 Å². The van der Waals surface area contributed by atoms with E-state index in [2.05, 4.69) is 4.72 Å². The highest BCUT2D eigenvalue weighted by molar-refractivity contribution is 7.92. The van der Waals surface area contributed by atoms with Gasteiger partial charge in [0.1, 0.15) is 10.6 Å². The standard InChI is InChI=1S/C30H34N2O6S/c1-20-11-14-29(28(15-20)37-3)39(34,35)31-23-7-6-8-24(18-23)32-19-22(17-30(32)33)21-12-13-26(36-2)27(16-21)38-25-9-4-5-10-25/h6-8,11-16,18,22,25,31H,4-5,9-10,17,19H2,1-3H3. The Morgan fingerprint density at radius 3 is 2.41 bits per heavy atom. The highest BCUT2D eigenvalue weighted by Crippen LogP contribution is 2.38. The molecule has 5 rings (SSSR count). The van der Waals surface area contributed by atoms with Crippen LogP contribution >= 0.6 is 0 Å². The fraction of sp³-hybridized carbons (Fsp3) is 0.367. The van der Waals surface area contributed by atoms with Crippen molar-refractivity contribution in [2.24, 2.45) is 0 Å². The summed E-state index contributed by atoms with van der Waals surface area (Å²) in [5, 5.41) is 0. The summed E-state index contributed by atoms with van der Waals surface area (Å²) < 4.78 is 46.0. The number of ether oxygens (including phenoxy) is 3. The van der Waals surface area contributed by atoms with Gasteiger partial charge in [-0.15, -0.1) is 0 Å². The summed E-state index contributed by atoms with van der Waals surface area (Å²) in [6.07, 6.45) is 4.98. The van der Waals surface area contributed by atoms with E-state index in [0.29, 0.717) is 30.1 Å². The monoisotopic (exact) mass is 550 g/mol. The van der Waals surface area contributed by atoms with Crippen molar-refractivity contribution in [1.29, 1.82) is 0 Å². The quantitative estimate of drug-likeness (QED) is 0.370. The van der Waals surface area contributed by atoms with Crippen molar-refractivity contribution >= 4 is 27.3 Å². The number of sulfonamides is 1. The van der Waals surface area contributed by atoms with Gasteiger partial charge >= 0.3 is 0 Å². The van der Waals surface area contributed by atoms with Crippen molar-refractivity contribution in [3.63, 3.8) is 0 Å². The van der Waals surface area contributed by atoms with E-state index >= 15 is 0 Å². The Balaban J connectivity index is 1.34. The summed E-state index contributed by atoms with van der Waals surface area (Å²) in [5.41, 5.74) is 2.91. The number of nitrogens with zero attached hydrogens (tertiary/aromatic N) is 1. The van der Waals surface area contributed by atoms with Crippen LogP contribution in [0.15, 0.2) is 65.6 Å². The van der Waals surface area contributed by atoms with Gasteiger partial charge in [-0.2, -0.15) is 0 Å². The molecule has 1 saturated carbocycles. The van der Waals surface area contributed by atoms with E-state index in [4.69, 9.17) is 14.2 Å². The van der Waals surface area contributed by atoms with Crippen LogP contribution in [0.25, 0.3) is 0 Å². The molecule has 3 aromatic rings. The molecule has 0 radical (unpaired) electrons. The van der Waals surface area contributed by atoms with Crippen LogP contribution < -0.4 is 23.8 Å². The van der Waals surface area contributed by atoms with E-state index in [0.717, 1.165) is 29.7 Å². The van der Waals surface area contributed by atoms with Crippen LogP contribution in [-0.2, 0) is 14.8 Å². The fourth-order valence-corrected chi connectivity index (χ4v) is 6.55. The Morgan fingerprint density at radius 1 is 0.897 bits per heavy atom. The Morgan fingerprint density at radius 2 is 1.67 bits per heavy atom. The van der Waals surface area contributed by atoms with Gasteiger partial charge in [0.2, 0.25) is 5.91 Å². The minimum Gasteiger partial charge on any atom is -0.495 e. The first-order valence-corrected chi connectivity index (χ1v) is 14.7. The van der Waals surface area contributed by atoms with Crippen LogP contribution in [0.5, 0.6) is 17.2 Å². The van der Waals surface area contributed by atoms with Crippen molar-refractivity contribution in [3.8, 4) is 17.2 Å². The summed E-state index contributed by atoms with van der Waals surface area (Å²) in [6.45, 7) is 2.35. The maximum Gasteiger partial charge on any atom is 0.265 e. The van der Waals surface area contributed by atoms with Crippen LogP contribution in [0, 0.1) is 6.92 Å². The molecule has 3 aromatic carbocycles. The second-order valence-corrected chi connectivity index (χ2v) is 11.8. The van der Waals surface area contributed by atoms with Crippen LogP contribution in [0.1, 0.15) is 49.1 Å². The SMILES string of the molecule is COc1ccc(C2CC(=O)N(c3cccc(NS(=O)(=O)c4ccc(C)cc4OC)c3)C2)cc1OC1CCCC1. The molecule has 0 bridgehead atoms. The predicted octanol–water partition coefficient (Wildman–Crippen LogP) is 5.65. The Hall–Kier alpha value is -3.72. The maximum absolute atomic E-state index is 13.1. The van der Waals surface area contributed by atoms with Gasteiger partial charge in [0.25, 0.3) is 10.0 Å². The van der Waals surface area contributed by atoms with Crippen LogP contribution in [-0.4, -0.2) is 41.2 Å². The lowest BCUT2D eigenvalue weighted by Crippen LogP contribution is -2.24. The van der Waals surface area contributed by atoms with Crippen molar-refractivity contribution in [3.05, 3.63) is 71.8 Å². The number of hydrogen-bond acceptors (Lipinski definition) is 6. The Bertz CT molecular complexity index is 1470. The minimum atomic E-state index is -3.91.